The quantitative estimate of drug-likeness (QED) is 0.518. The van der Waals surface area contributed by atoms with Gasteiger partial charge in [0.25, 0.3) is 0 Å². The standard InChI is InChI=1S/C10H13Cl/c1-7-5-10(3,4)6-9(11)8(7)2/h6H,1-2,5H2,3-4H3. The Hall–Kier alpha value is -0.490. The highest BCUT2D eigenvalue weighted by molar-refractivity contribution is 6.32. The first-order chi connectivity index (χ1) is 4.92. The van der Waals surface area contributed by atoms with Crippen molar-refractivity contribution >= 4 is 11.6 Å². The molecule has 0 fully saturated rings. The van der Waals surface area contributed by atoms with Gasteiger partial charge in [0.1, 0.15) is 0 Å². The Kier molecular flexibility index (Phi) is 1.98. The molecule has 0 atom stereocenters. The van der Waals surface area contributed by atoms with E-state index in [9.17, 15) is 0 Å². The summed E-state index contributed by atoms with van der Waals surface area (Å²) in [6.07, 6.45) is 3.01. The van der Waals surface area contributed by atoms with Gasteiger partial charge in [-0.15, -0.1) is 0 Å². The van der Waals surface area contributed by atoms with Crippen molar-refractivity contribution in [3.05, 3.63) is 35.4 Å². The van der Waals surface area contributed by atoms with Crippen LogP contribution in [0.5, 0.6) is 0 Å². The zero-order valence-corrected chi connectivity index (χ0v) is 7.83. The number of allylic oxidation sites excluding steroid dienone is 4. The Morgan fingerprint density at radius 1 is 1.45 bits per heavy atom. The first kappa shape index (κ1) is 8.61. The predicted molar refractivity (Wildman–Crippen MR) is 50.6 cm³/mol. The molecule has 1 aliphatic rings. The van der Waals surface area contributed by atoms with Crippen LogP contribution in [0, 0.1) is 5.41 Å². The van der Waals surface area contributed by atoms with Gasteiger partial charge in [-0.05, 0) is 23.0 Å². The van der Waals surface area contributed by atoms with Crippen molar-refractivity contribution in [3.63, 3.8) is 0 Å². The molecule has 60 valence electrons. The Morgan fingerprint density at radius 2 is 2.00 bits per heavy atom. The first-order valence-electron chi connectivity index (χ1n) is 3.68. The Bertz CT molecular complexity index is 244. The number of hydrogen-bond acceptors (Lipinski definition) is 0. The lowest BCUT2D eigenvalue weighted by molar-refractivity contribution is 0.470. The summed E-state index contributed by atoms with van der Waals surface area (Å²) in [4.78, 5) is 0. The van der Waals surface area contributed by atoms with E-state index >= 15 is 0 Å². The third-order valence-electron chi connectivity index (χ3n) is 1.90. The van der Waals surface area contributed by atoms with Crippen LogP contribution in [0.15, 0.2) is 35.4 Å². The fourth-order valence-corrected chi connectivity index (χ4v) is 1.74. The van der Waals surface area contributed by atoms with Gasteiger partial charge in [-0.1, -0.05) is 44.7 Å². The molecular weight excluding hydrogens is 156 g/mol. The van der Waals surface area contributed by atoms with E-state index in [-0.39, 0.29) is 5.41 Å². The zero-order chi connectivity index (χ0) is 8.65. The van der Waals surface area contributed by atoms with Crippen LogP contribution in [-0.2, 0) is 0 Å². The van der Waals surface area contributed by atoms with Crippen LogP contribution in [0.25, 0.3) is 0 Å². The van der Waals surface area contributed by atoms with Gasteiger partial charge in [-0.25, -0.2) is 0 Å². The van der Waals surface area contributed by atoms with Gasteiger partial charge < -0.3 is 0 Å². The van der Waals surface area contributed by atoms with Crippen LogP contribution in [0.4, 0.5) is 0 Å². The van der Waals surface area contributed by atoms with Gasteiger partial charge in [-0.3, -0.25) is 0 Å². The molecule has 0 heterocycles. The van der Waals surface area contributed by atoms with Gasteiger partial charge in [0.15, 0.2) is 0 Å². The van der Waals surface area contributed by atoms with E-state index in [0.29, 0.717) is 0 Å². The van der Waals surface area contributed by atoms with E-state index in [0.717, 1.165) is 22.6 Å². The average Bonchev–Trinajstić information content (AvgIpc) is 1.81. The maximum atomic E-state index is 5.95. The second-order valence-electron chi connectivity index (χ2n) is 3.74. The molecule has 0 aromatic heterocycles. The highest BCUT2D eigenvalue weighted by atomic mass is 35.5. The smallest absolute Gasteiger partial charge is 0.0440 e. The summed E-state index contributed by atoms with van der Waals surface area (Å²) in [5, 5.41) is 0.756. The summed E-state index contributed by atoms with van der Waals surface area (Å²) < 4.78 is 0. The van der Waals surface area contributed by atoms with Crippen molar-refractivity contribution in [1.82, 2.24) is 0 Å². The van der Waals surface area contributed by atoms with E-state index in [1.54, 1.807) is 0 Å². The molecule has 0 nitrogen and oxygen atoms in total. The Labute approximate surface area is 73.3 Å². The van der Waals surface area contributed by atoms with Crippen LogP contribution in [0.2, 0.25) is 0 Å². The molecule has 0 N–H and O–H groups in total. The van der Waals surface area contributed by atoms with E-state index in [2.05, 4.69) is 27.0 Å². The number of hydrogen-bond donors (Lipinski definition) is 0. The SMILES string of the molecule is C=C1CC(C)(C)C=C(Cl)C1=C. The van der Waals surface area contributed by atoms with Crippen LogP contribution in [-0.4, -0.2) is 0 Å². The highest BCUT2D eigenvalue weighted by Gasteiger charge is 2.24. The largest absolute Gasteiger partial charge is 0.0952 e. The fourth-order valence-electron chi connectivity index (χ4n) is 1.31. The minimum Gasteiger partial charge on any atom is -0.0952 e. The van der Waals surface area contributed by atoms with Gasteiger partial charge in [0.05, 0.1) is 0 Å². The van der Waals surface area contributed by atoms with Crippen LogP contribution >= 0.6 is 11.6 Å². The van der Waals surface area contributed by atoms with Crippen LogP contribution in [0.1, 0.15) is 20.3 Å². The second kappa shape index (κ2) is 2.53. The van der Waals surface area contributed by atoms with Crippen molar-refractivity contribution in [1.29, 1.82) is 0 Å². The summed E-state index contributed by atoms with van der Waals surface area (Å²) in [5.74, 6) is 0. The lowest BCUT2D eigenvalue weighted by Gasteiger charge is -2.28. The molecule has 0 unspecified atom stereocenters. The van der Waals surface area contributed by atoms with Gasteiger partial charge >= 0.3 is 0 Å². The average molecular weight is 169 g/mol. The number of halogens is 1. The molecule has 0 aliphatic heterocycles. The van der Waals surface area contributed by atoms with Crippen LogP contribution in [0.3, 0.4) is 0 Å². The first-order valence-corrected chi connectivity index (χ1v) is 4.06. The topological polar surface area (TPSA) is 0 Å². The Balaban J connectivity index is 3.04. The van der Waals surface area contributed by atoms with Crippen molar-refractivity contribution in [2.75, 3.05) is 0 Å². The van der Waals surface area contributed by atoms with E-state index in [1.165, 1.54) is 0 Å². The third kappa shape index (κ3) is 1.75. The summed E-state index contributed by atoms with van der Waals surface area (Å²) in [7, 11) is 0. The molecule has 11 heavy (non-hydrogen) atoms. The summed E-state index contributed by atoms with van der Waals surface area (Å²) in [6, 6.07) is 0. The lowest BCUT2D eigenvalue weighted by atomic mass is 9.79. The molecule has 0 saturated heterocycles. The maximum absolute atomic E-state index is 5.95. The van der Waals surface area contributed by atoms with Gasteiger partial charge in [0.2, 0.25) is 0 Å². The summed E-state index contributed by atoms with van der Waals surface area (Å²) >= 11 is 5.95. The predicted octanol–water partition coefficient (Wildman–Crippen LogP) is 3.65. The highest BCUT2D eigenvalue weighted by Crippen LogP contribution is 2.39. The minimum atomic E-state index is 0.148. The van der Waals surface area contributed by atoms with Crippen molar-refractivity contribution in [2.24, 2.45) is 5.41 Å². The zero-order valence-electron chi connectivity index (χ0n) is 7.08. The molecule has 0 spiro atoms. The van der Waals surface area contributed by atoms with Crippen LogP contribution < -0.4 is 0 Å². The molecule has 0 amide bonds. The van der Waals surface area contributed by atoms with E-state index in [1.807, 2.05) is 6.08 Å². The summed E-state index contributed by atoms with van der Waals surface area (Å²) in [6.45, 7) is 12.1. The van der Waals surface area contributed by atoms with Gasteiger partial charge in [-0.2, -0.15) is 0 Å². The summed E-state index contributed by atoms with van der Waals surface area (Å²) in [5.41, 5.74) is 2.10. The molecule has 1 aliphatic carbocycles. The monoisotopic (exact) mass is 168 g/mol. The van der Waals surface area contributed by atoms with Gasteiger partial charge in [0, 0.05) is 5.03 Å². The molecule has 0 saturated carbocycles. The molecule has 0 radical (unpaired) electrons. The molecule has 0 aromatic rings. The molecule has 0 aromatic carbocycles. The third-order valence-corrected chi connectivity index (χ3v) is 2.24. The molecule has 1 heteroatoms. The molecule has 1 rings (SSSR count). The number of rotatable bonds is 0. The Morgan fingerprint density at radius 3 is 2.45 bits per heavy atom. The van der Waals surface area contributed by atoms with E-state index < -0.39 is 0 Å². The molecule has 0 bridgehead atoms. The second-order valence-corrected chi connectivity index (χ2v) is 4.15. The fraction of sp³-hybridized carbons (Fsp3) is 0.400. The lowest BCUT2D eigenvalue weighted by Crippen LogP contribution is -2.14. The maximum Gasteiger partial charge on any atom is 0.0440 e. The minimum absolute atomic E-state index is 0.148. The van der Waals surface area contributed by atoms with E-state index in [4.69, 9.17) is 11.6 Å². The normalized spacial score (nSPS) is 23.4. The van der Waals surface area contributed by atoms with Crippen molar-refractivity contribution < 1.29 is 0 Å². The molecular formula is C10H13Cl. The van der Waals surface area contributed by atoms with Crippen molar-refractivity contribution in [2.45, 2.75) is 20.3 Å². The van der Waals surface area contributed by atoms with Crippen molar-refractivity contribution in [3.8, 4) is 0 Å².